The Balaban J connectivity index is 1.06. The van der Waals surface area contributed by atoms with E-state index in [2.05, 4.69) is 202 Å². The second-order valence-corrected chi connectivity index (χ2v) is 20.9. The van der Waals surface area contributed by atoms with Crippen LogP contribution in [0.4, 0.5) is 0 Å². The van der Waals surface area contributed by atoms with E-state index >= 15 is 0 Å². The summed E-state index contributed by atoms with van der Waals surface area (Å²) in [6.07, 6.45) is 0. The molecular formula is C75H46N8. The van der Waals surface area contributed by atoms with Crippen LogP contribution in [0.5, 0.6) is 0 Å². The lowest BCUT2D eigenvalue weighted by molar-refractivity contribution is 1.11. The molecule has 0 bridgehead atoms. The quantitative estimate of drug-likeness (QED) is 0.144. The van der Waals surface area contributed by atoms with Crippen LogP contribution in [0.1, 0.15) is 5.56 Å². The molecule has 8 nitrogen and oxygen atoms in total. The molecule has 0 aliphatic rings. The predicted molar refractivity (Wildman–Crippen MR) is 338 cm³/mol. The zero-order valence-electron chi connectivity index (χ0n) is 44.6. The van der Waals surface area contributed by atoms with Gasteiger partial charge in [0.15, 0.2) is 11.6 Å². The molecule has 5 aromatic heterocycles. The van der Waals surface area contributed by atoms with E-state index in [0.29, 0.717) is 28.3 Å². The van der Waals surface area contributed by atoms with Gasteiger partial charge in [0.2, 0.25) is 0 Å². The first-order valence-electron chi connectivity index (χ1n) is 27.8. The molecule has 0 spiro atoms. The highest BCUT2D eigenvalue weighted by Crippen LogP contribution is 2.45. The highest BCUT2D eigenvalue weighted by Gasteiger charge is 2.27. The van der Waals surface area contributed by atoms with Crippen molar-refractivity contribution >= 4 is 65.4 Å². The Bertz CT molecular complexity index is 4730. The molecule has 0 radical (unpaired) electrons. The van der Waals surface area contributed by atoms with Gasteiger partial charge < -0.3 is 13.7 Å². The molecule has 0 amide bonds. The molecule has 16 rings (SSSR count). The number of hydrogen-bond acceptors (Lipinski definition) is 5. The Morgan fingerprint density at radius 2 is 0.554 bits per heavy atom. The van der Waals surface area contributed by atoms with E-state index in [1.165, 1.54) is 21.5 Å². The van der Waals surface area contributed by atoms with Crippen molar-refractivity contribution in [3.63, 3.8) is 0 Å². The molecule has 11 aromatic carbocycles. The van der Waals surface area contributed by atoms with Crippen LogP contribution in [0.25, 0.3) is 150 Å². The van der Waals surface area contributed by atoms with E-state index in [4.69, 9.17) is 19.9 Å². The van der Waals surface area contributed by atoms with Crippen molar-refractivity contribution in [2.45, 2.75) is 0 Å². The van der Waals surface area contributed by atoms with Gasteiger partial charge in [-0.3, -0.25) is 0 Å². The van der Waals surface area contributed by atoms with Gasteiger partial charge in [-0.25, -0.2) is 19.9 Å². The van der Waals surface area contributed by atoms with Crippen molar-refractivity contribution in [1.29, 1.82) is 5.26 Å². The third-order valence-corrected chi connectivity index (χ3v) is 16.1. The molecule has 0 atom stereocenters. The molecule has 16 aromatic rings. The molecule has 0 N–H and O–H groups in total. The second kappa shape index (κ2) is 19.4. The Hall–Kier alpha value is -11.5. The lowest BCUT2D eigenvalue weighted by Crippen LogP contribution is -2.07. The summed E-state index contributed by atoms with van der Waals surface area (Å²) in [5.74, 6) is 0.889. The third kappa shape index (κ3) is 7.90. The van der Waals surface area contributed by atoms with E-state index in [-0.39, 0.29) is 0 Å². The fraction of sp³-hybridized carbons (Fsp3) is 0. The van der Waals surface area contributed by atoms with Crippen molar-refractivity contribution in [3.8, 4) is 90.9 Å². The monoisotopic (exact) mass is 1060 g/mol. The summed E-state index contributed by atoms with van der Waals surface area (Å²) in [5, 5.41) is 18.1. The normalized spacial score (nSPS) is 11.6. The number of fused-ring (bicyclic) bond motifs is 9. The van der Waals surface area contributed by atoms with Crippen molar-refractivity contribution in [2.24, 2.45) is 0 Å². The number of nitrogens with zero attached hydrogens (tertiary/aromatic N) is 8. The first-order chi connectivity index (χ1) is 41.1. The minimum absolute atomic E-state index is 0.409. The fourth-order valence-corrected chi connectivity index (χ4v) is 12.4. The fourth-order valence-electron chi connectivity index (χ4n) is 12.4. The lowest BCUT2D eigenvalue weighted by atomic mass is 9.99. The van der Waals surface area contributed by atoms with Crippen molar-refractivity contribution < 1.29 is 0 Å². The van der Waals surface area contributed by atoms with E-state index < -0.39 is 0 Å². The van der Waals surface area contributed by atoms with Crippen LogP contribution in [0.15, 0.2) is 279 Å². The zero-order valence-corrected chi connectivity index (χ0v) is 44.6. The van der Waals surface area contributed by atoms with Gasteiger partial charge in [-0.05, 0) is 84.9 Å². The first-order valence-corrected chi connectivity index (χ1v) is 27.8. The Morgan fingerprint density at radius 3 is 0.867 bits per heavy atom. The van der Waals surface area contributed by atoms with E-state index in [0.717, 1.165) is 106 Å². The predicted octanol–water partition coefficient (Wildman–Crippen LogP) is 18.4. The lowest BCUT2D eigenvalue weighted by Gasteiger charge is -2.20. The molecule has 83 heavy (non-hydrogen) atoms. The van der Waals surface area contributed by atoms with Gasteiger partial charge in [0.25, 0.3) is 0 Å². The highest BCUT2D eigenvalue weighted by molar-refractivity contribution is 6.15. The van der Waals surface area contributed by atoms with Crippen LogP contribution in [-0.2, 0) is 0 Å². The highest BCUT2D eigenvalue weighted by atomic mass is 15.0. The van der Waals surface area contributed by atoms with Crippen LogP contribution in [0, 0.1) is 11.3 Å². The van der Waals surface area contributed by atoms with Gasteiger partial charge in [-0.1, -0.05) is 194 Å². The number of benzene rings is 11. The van der Waals surface area contributed by atoms with Crippen molar-refractivity contribution in [3.05, 3.63) is 285 Å². The summed E-state index contributed by atoms with van der Waals surface area (Å²) in [7, 11) is 0. The molecule has 386 valence electrons. The van der Waals surface area contributed by atoms with Gasteiger partial charge in [0, 0.05) is 77.1 Å². The van der Waals surface area contributed by atoms with Crippen LogP contribution < -0.4 is 0 Å². The van der Waals surface area contributed by atoms with E-state index in [1.807, 2.05) is 97.1 Å². The standard InChI is InChI=1S/C75H46N8/c76-47-48-41-61(74-77-63(49-21-5-1-6-22-49)45-64(78-74)50-23-7-2-8-24-50)73(62(42-48)75-79-65(51-25-9-3-10-26-51)46-66(80-75)52-27-11-4-12-28-52)83-71-39-37-53(81-67-33-17-13-29-55(67)56-30-14-18-34-68(56)81)43-59(71)60-44-54(38-40-72(60)83)82-69-35-19-15-31-57(69)58-32-16-20-36-70(58)82/h1-46H. The number of aromatic nitrogens is 7. The topological polar surface area (TPSA) is 90.1 Å². The molecule has 0 aliphatic heterocycles. The molecule has 0 fully saturated rings. The Kier molecular flexibility index (Phi) is 11.1. The average Bonchev–Trinajstić information content (AvgIpc) is 4.39. The number of hydrogen-bond donors (Lipinski definition) is 0. The zero-order chi connectivity index (χ0) is 55.0. The molecule has 0 saturated heterocycles. The van der Waals surface area contributed by atoms with E-state index in [1.54, 1.807) is 0 Å². The minimum atomic E-state index is 0.409. The SMILES string of the molecule is N#Cc1cc(-c2nc(-c3ccccc3)cc(-c3ccccc3)n2)c(-n2c3ccc(-n4c5ccccc5c5ccccc54)cc3c3cc(-n4c5ccccc5c5ccccc54)ccc32)c(-c2nc(-c3ccccc3)cc(-c3ccccc3)n2)c1. The van der Waals surface area contributed by atoms with Crippen LogP contribution >= 0.6 is 0 Å². The summed E-state index contributed by atoms with van der Waals surface area (Å²) in [6, 6.07) is 99.6. The van der Waals surface area contributed by atoms with E-state index in [9.17, 15) is 5.26 Å². The molecule has 0 saturated carbocycles. The van der Waals surface area contributed by atoms with Gasteiger partial charge in [0.1, 0.15) is 0 Å². The number of rotatable bonds is 9. The van der Waals surface area contributed by atoms with Gasteiger partial charge >= 0.3 is 0 Å². The van der Waals surface area contributed by atoms with Gasteiger partial charge in [-0.2, -0.15) is 5.26 Å². The van der Waals surface area contributed by atoms with Crippen molar-refractivity contribution in [1.82, 2.24) is 33.6 Å². The molecule has 8 heteroatoms. The maximum absolute atomic E-state index is 11.3. The summed E-state index contributed by atoms with van der Waals surface area (Å²) in [4.78, 5) is 22.0. The molecular weight excluding hydrogens is 1010 g/mol. The maximum Gasteiger partial charge on any atom is 0.162 e. The molecule has 0 unspecified atom stereocenters. The summed E-state index contributed by atoms with van der Waals surface area (Å²) in [5.41, 5.74) is 17.5. The minimum Gasteiger partial charge on any atom is -0.309 e. The van der Waals surface area contributed by atoms with Crippen LogP contribution in [0.2, 0.25) is 0 Å². The molecule has 0 aliphatic carbocycles. The smallest absolute Gasteiger partial charge is 0.162 e. The first kappa shape index (κ1) is 47.5. The average molecular weight is 1060 g/mol. The largest absolute Gasteiger partial charge is 0.309 e. The van der Waals surface area contributed by atoms with Crippen LogP contribution in [0.3, 0.4) is 0 Å². The second-order valence-electron chi connectivity index (χ2n) is 20.9. The Labute approximate surface area is 477 Å². The maximum atomic E-state index is 11.3. The number of para-hydroxylation sites is 4. The third-order valence-electron chi connectivity index (χ3n) is 16.1. The Morgan fingerprint density at radius 1 is 0.265 bits per heavy atom. The summed E-state index contributed by atoms with van der Waals surface area (Å²) < 4.78 is 7.10. The summed E-state index contributed by atoms with van der Waals surface area (Å²) in [6.45, 7) is 0. The summed E-state index contributed by atoms with van der Waals surface area (Å²) >= 11 is 0. The number of nitriles is 1. The van der Waals surface area contributed by atoms with Gasteiger partial charge in [0.05, 0.1) is 73.2 Å². The molecule has 5 heterocycles. The van der Waals surface area contributed by atoms with Gasteiger partial charge in [-0.15, -0.1) is 0 Å². The van der Waals surface area contributed by atoms with Crippen molar-refractivity contribution in [2.75, 3.05) is 0 Å². The van der Waals surface area contributed by atoms with Crippen LogP contribution in [-0.4, -0.2) is 33.6 Å².